The van der Waals surface area contributed by atoms with Crippen LogP contribution in [0.1, 0.15) is 34.2 Å². The fraction of sp³-hybridized carbons (Fsp3) is 0.353. The fourth-order valence-corrected chi connectivity index (χ4v) is 3.16. The predicted molar refractivity (Wildman–Crippen MR) is 84.3 cm³/mol. The van der Waals surface area contributed by atoms with E-state index in [1.165, 1.54) is 22.5 Å². The van der Waals surface area contributed by atoms with Crippen LogP contribution in [0.2, 0.25) is 0 Å². The number of nitrogens with zero attached hydrogens (tertiary/aromatic N) is 5. The Labute approximate surface area is 129 Å². The van der Waals surface area contributed by atoms with Crippen LogP contribution in [0, 0.1) is 20.8 Å². The molecule has 22 heavy (non-hydrogen) atoms. The van der Waals surface area contributed by atoms with Gasteiger partial charge in [0.1, 0.15) is 12.4 Å². The molecule has 4 rings (SSSR count). The maximum absolute atomic E-state index is 4.63. The number of hydrogen-bond acceptors (Lipinski definition) is 3. The average Bonchev–Trinajstić information content (AvgIpc) is 3.05. The van der Waals surface area contributed by atoms with Gasteiger partial charge in [0, 0.05) is 12.1 Å². The van der Waals surface area contributed by atoms with Crippen LogP contribution in [0.5, 0.6) is 0 Å². The topological polar surface area (TPSA) is 48.5 Å². The Balaban J connectivity index is 1.80. The molecule has 5 heteroatoms. The number of aryl methyl sites for hydroxylation is 3. The van der Waals surface area contributed by atoms with Crippen LogP contribution in [0.4, 0.5) is 0 Å². The van der Waals surface area contributed by atoms with Gasteiger partial charge in [-0.25, -0.2) is 0 Å². The Morgan fingerprint density at radius 3 is 2.64 bits per heavy atom. The van der Waals surface area contributed by atoms with Crippen molar-refractivity contribution in [1.82, 2.24) is 24.5 Å². The van der Waals surface area contributed by atoms with Gasteiger partial charge in [-0.05, 0) is 44.4 Å². The second-order valence-electron chi connectivity index (χ2n) is 5.95. The lowest BCUT2D eigenvalue weighted by atomic mass is 10.0. The molecule has 0 aliphatic carbocycles. The fourth-order valence-electron chi connectivity index (χ4n) is 3.16. The molecule has 1 aliphatic heterocycles. The first-order chi connectivity index (χ1) is 10.6. The molecule has 5 nitrogen and oxygen atoms in total. The quantitative estimate of drug-likeness (QED) is 0.729. The molecule has 1 aliphatic rings. The number of benzene rings is 1. The van der Waals surface area contributed by atoms with Gasteiger partial charge in [0.2, 0.25) is 0 Å². The van der Waals surface area contributed by atoms with Crippen molar-refractivity contribution < 1.29 is 0 Å². The second kappa shape index (κ2) is 4.80. The maximum atomic E-state index is 4.63. The molecule has 0 N–H and O–H groups in total. The van der Waals surface area contributed by atoms with E-state index < -0.39 is 0 Å². The van der Waals surface area contributed by atoms with Gasteiger partial charge in [-0.15, -0.1) is 10.2 Å². The van der Waals surface area contributed by atoms with E-state index in [4.69, 9.17) is 0 Å². The van der Waals surface area contributed by atoms with Crippen molar-refractivity contribution in [2.75, 3.05) is 0 Å². The van der Waals surface area contributed by atoms with Gasteiger partial charge in [0.05, 0.1) is 11.4 Å². The summed E-state index contributed by atoms with van der Waals surface area (Å²) in [6, 6.07) is 8.51. The molecule has 0 atom stereocenters. The molecule has 1 aromatic carbocycles. The van der Waals surface area contributed by atoms with Gasteiger partial charge in [0.15, 0.2) is 5.82 Å². The summed E-state index contributed by atoms with van der Waals surface area (Å²) in [5.41, 5.74) is 6.09. The normalized spacial score (nSPS) is 13.0. The third-order valence-corrected chi connectivity index (χ3v) is 4.68. The van der Waals surface area contributed by atoms with E-state index >= 15 is 0 Å². The van der Waals surface area contributed by atoms with Crippen LogP contribution >= 0.6 is 0 Å². The number of para-hydroxylation sites is 1. The molecule has 0 bridgehead atoms. The standard InChI is InChI=1S/C17H19N5/c1-11-12(2)20-21(13(11)3)10-17-19-18-16-9-8-14-6-4-5-7-15(14)22(16)17/h4-7H,8-10H2,1-3H3. The molecule has 0 amide bonds. The summed E-state index contributed by atoms with van der Waals surface area (Å²) in [7, 11) is 0. The highest BCUT2D eigenvalue weighted by Crippen LogP contribution is 2.25. The zero-order valence-corrected chi connectivity index (χ0v) is 13.2. The summed E-state index contributed by atoms with van der Waals surface area (Å²) >= 11 is 0. The van der Waals surface area contributed by atoms with Gasteiger partial charge in [-0.1, -0.05) is 18.2 Å². The number of hydrogen-bond donors (Lipinski definition) is 0. The zero-order valence-electron chi connectivity index (χ0n) is 13.2. The van der Waals surface area contributed by atoms with E-state index in [-0.39, 0.29) is 0 Å². The third-order valence-electron chi connectivity index (χ3n) is 4.68. The molecule has 0 fully saturated rings. The summed E-state index contributed by atoms with van der Waals surface area (Å²) in [6.07, 6.45) is 1.98. The Kier molecular flexibility index (Phi) is 2.89. The van der Waals surface area contributed by atoms with Gasteiger partial charge >= 0.3 is 0 Å². The zero-order chi connectivity index (χ0) is 15.3. The number of aromatic nitrogens is 5. The Hall–Kier alpha value is -2.43. The van der Waals surface area contributed by atoms with Crippen LogP contribution < -0.4 is 0 Å². The minimum atomic E-state index is 0.655. The largest absolute Gasteiger partial charge is 0.281 e. The number of rotatable bonds is 2. The summed E-state index contributed by atoms with van der Waals surface area (Å²) in [4.78, 5) is 0. The lowest BCUT2D eigenvalue weighted by Crippen LogP contribution is -2.16. The first kappa shape index (κ1) is 13.2. The first-order valence-electron chi connectivity index (χ1n) is 7.67. The molecule has 0 spiro atoms. The highest BCUT2D eigenvalue weighted by atomic mass is 15.3. The molecule has 0 unspecified atom stereocenters. The highest BCUT2D eigenvalue weighted by Gasteiger charge is 2.21. The van der Waals surface area contributed by atoms with Gasteiger partial charge < -0.3 is 0 Å². The van der Waals surface area contributed by atoms with E-state index in [1.807, 2.05) is 11.6 Å². The number of fused-ring (bicyclic) bond motifs is 3. The van der Waals surface area contributed by atoms with Gasteiger partial charge in [0.25, 0.3) is 0 Å². The van der Waals surface area contributed by atoms with Crippen LogP contribution in [0.3, 0.4) is 0 Å². The minimum absolute atomic E-state index is 0.655. The molecule has 3 aromatic rings. The van der Waals surface area contributed by atoms with Crippen molar-refractivity contribution in [2.45, 2.75) is 40.2 Å². The summed E-state index contributed by atoms with van der Waals surface area (Å²) in [5.74, 6) is 2.00. The van der Waals surface area contributed by atoms with E-state index in [9.17, 15) is 0 Å². The smallest absolute Gasteiger partial charge is 0.159 e. The van der Waals surface area contributed by atoms with E-state index in [2.05, 4.69) is 58.0 Å². The van der Waals surface area contributed by atoms with E-state index in [0.717, 1.165) is 30.2 Å². The van der Waals surface area contributed by atoms with Gasteiger partial charge in [-0.3, -0.25) is 9.25 Å². The average molecular weight is 293 g/mol. The molecular weight excluding hydrogens is 274 g/mol. The van der Waals surface area contributed by atoms with Crippen molar-refractivity contribution in [2.24, 2.45) is 0 Å². The highest BCUT2D eigenvalue weighted by molar-refractivity contribution is 5.45. The van der Waals surface area contributed by atoms with Crippen molar-refractivity contribution in [1.29, 1.82) is 0 Å². The summed E-state index contributed by atoms with van der Waals surface area (Å²) in [5, 5.41) is 13.4. The minimum Gasteiger partial charge on any atom is -0.281 e. The van der Waals surface area contributed by atoms with Crippen molar-refractivity contribution in [3.63, 3.8) is 0 Å². The Morgan fingerprint density at radius 2 is 1.86 bits per heavy atom. The molecule has 0 saturated heterocycles. The van der Waals surface area contributed by atoms with Crippen LogP contribution in [-0.2, 0) is 19.4 Å². The van der Waals surface area contributed by atoms with Crippen LogP contribution in [0.15, 0.2) is 24.3 Å². The third kappa shape index (κ3) is 1.89. The van der Waals surface area contributed by atoms with Crippen molar-refractivity contribution in [3.8, 4) is 5.69 Å². The van der Waals surface area contributed by atoms with E-state index in [1.54, 1.807) is 0 Å². The van der Waals surface area contributed by atoms with Crippen molar-refractivity contribution >= 4 is 0 Å². The lowest BCUT2D eigenvalue weighted by molar-refractivity contribution is 0.616. The monoisotopic (exact) mass is 293 g/mol. The van der Waals surface area contributed by atoms with Crippen LogP contribution in [-0.4, -0.2) is 24.5 Å². The molecular formula is C17H19N5. The Morgan fingerprint density at radius 1 is 1.05 bits per heavy atom. The summed E-state index contributed by atoms with van der Waals surface area (Å²) < 4.78 is 4.23. The predicted octanol–water partition coefficient (Wildman–Crippen LogP) is 2.54. The van der Waals surface area contributed by atoms with E-state index in [0.29, 0.717) is 6.54 Å². The second-order valence-corrected chi connectivity index (χ2v) is 5.95. The van der Waals surface area contributed by atoms with Gasteiger partial charge in [-0.2, -0.15) is 5.10 Å². The molecule has 0 saturated carbocycles. The lowest BCUT2D eigenvalue weighted by Gasteiger charge is -2.19. The molecule has 3 heterocycles. The molecule has 2 aromatic heterocycles. The Bertz CT molecular complexity index is 856. The van der Waals surface area contributed by atoms with Crippen molar-refractivity contribution in [3.05, 3.63) is 58.4 Å². The van der Waals surface area contributed by atoms with Crippen LogP contribution in [0.25, 0.3) is 5.69 Å². The first-order valence-corrected chi connectivity index (χ1v) is 7.67. The molecule has 112 valence electrons. The molecule has 0 radical (unpaired) electrons. The summed E-state index contributed by atoms with van der Waals surface area (Å²) in [6.45, 7) is 6.93. The maximum Gasteiger partial charge on any atom is 0.159 e. The SMILES string of the molecule is Cc1nn(Cc2nnc3n2-c2ccccc2CC3)c(C)c1C.